The number of esters is 1. The summed E-state index contributed by atoms with van der Waals surface area (Å²) in [5.41, 5.74) is -1.13. The molecule has 2 rings (SSSR count). The van der Waals surface area contributed by atoms with Gasteiger partial charge in [0.25, 0.3) is 0 Å². The van der Waals surface area contributed by atoms with Gasteiger partial charge in [0.05, 0.1) is 7.11 Å². The van der Waals surface area contributed by atoms with Crippen LogP contribution in [0.1, 0.15) is 27.2 Å². The Morgan fingerprint density at radius 2 is 2.05 bits per heavy atom. The SMILES string of the molecule is COC(=O)C12CCNC1CN(C(=O)OC(C)(C)C)C2. The van der Waals surface area contributed by atoms with Crippen molar-refractivity contribution in [3.05, 3.63) is 0 Å². The summed E-state index contributed by atoms with van der Waals surface area (Å²) < 4.78 is 10.3. The van der Waals surface area contributed by atoms with Crippen LogP contribution in [0.2, 0.25) is 0 Å². The number of carbonyl (C=O) groups is 2. The Balaban J connectivity index is 2.09. The van der Waals surface area contributed by atoms with Gasteiger partial charge in [0.15, 0.2) is 0 Å². The maximum atomic E-state index is 12.1. The van der Waals surface area contributed by atoms with Gasteiger partial charge in [0.2, 0.25) is 0 Å². The lowest BCUT2D eigenvalue weighted by molar-refractivity contribution is -0.151. The summed E-state index contributed by atoms with van der Waals surface area (Å²) in [5, 5.41) is 3.27. The Morgan fingerprint density at radius 3 is 2.63 bits per heavy atom. The van der Waals surface area contributed by atoms with Crippen LogP contribution >= 0.6 is 0 Å². The lowest BCUT2D eigenvalue weighted by Crippen LogP contribution is -2.42. The molecule has 2 saturated heterocycles. The number of likely N-dealkylation sites (tertiary alicyclic amines) is 1. The molecule has 0 aliphatic carbocycles. The normalized spacial score (nSPS) is 30.1. The minimum absolute atomic E-state index is 0.0348. The van der Waals surface area contributed by atoms with E-state index >= 15 is 0 Å². The number of hydrogen-bond acceptors (Lipinski definition) is 5. The number of methoxy groups -OCH3 is 1. The van der Waals surface area contributed by atoms with Crippen molar-refractivity contribution in [1.82, 2.24) is 10.2 Å². The fourth-order valence-corrected chi connectivity index (χ4v) is 2.87. The Hall–Kier alpha value is -1.30. The molecule has 2 aliphatic rings. The fraction of sp³-hybridized carbons (Fsp3) is 0.846. The van der Waals surface area contributed by atoms with Gasteiger partial charge in [-0.3, -0.25) is 4.79 Å². The number of nitrogens with one attached hydrogen (secondary N) is 1. The lowest BCUT2D eigenvalue weighted by Gasteiger charge is -2.26. The Morgan fingerprint density at radius 1 is 1.37 bits per heavy atom. The van der Waals surface area contributed by atoms with Crippen LogP contribution in [0.25, 0.3) is 0 Å². The van der Waals surface area contributed by atoms with Gasteiger partial charge in [-0.05, 0) is 33.7 Å². The topological polar surface area (TPSA) is 67.9 Å². The van der Waals surface area contributed by atoms with E-state index in [9.17, 15) is 9.59 Å². The van der Waals surface area contributed by atoms with Crippen LogP contribution in [0, 0.1) is 5.41 Å². The molecule has 2 atom stereocenters. The number of nitrogens with zero attached hydrogens (tertiary/aromatic N) is 1. The molecule has 2 aliphatic heterocycles. The second-order valence-corrected chi connectivity index (χ2v) is 6.27. The molecule has 108 valence electrons. The summed E-state index contributed by atoms with van der Waals surface area (Å²) in [4.78, 5) is 25.7. The van der Waals surface area contributed by atoms with E-state index < -0.39 is 11.0 Å². The largest absolute Gasteiger partial charge is 0.468 e. The fourth-order valence-electron chi connectivity index (χ4n) is 2.87. The molecule has 0 aromatic heterocycles. The van der Waals surface area contributed by atoms with E-state index in [1.807, 2.05) is 20.8 Å². The van der Waals surface area contributed by atoms with Gasteiger partial charge in [-0.25, -0.2) is 4.79 Å². The van der Waals surface area contributed by atoms with Crippen LogP contribution in [0.15, 0.2) is 0 Å². The molecule has 0 radical (unpaired) electrons. The number of amides is 1. The van der Waals surface area contributed by atoms with E-state index in [1.165, 1.54) is 7.11 Å². The van der Waals surface area contributed by atoms with Crippen molar-refractivity contribution in [3.8, 4) is 0 Å². The molecule has 1 N–H and O–H groups in total. The van der Waals surface area contributed by atoms with Crippen molar-refractivity contribution in [3.63, 3.8) is 0 Å². The van der Waals surface area contributed by atoms with Crippen LogP contribution in [0.5, 0.6) is 0 Å². The Bertz CT molecular complexity index is 391. The van der Waals surface area contributed by atoms with E-state index in [2.05, 4.69) is 5.32 Å². The highest BCUT2D eigenvalue weighted by Crippen LogP contribution is 2.39. The average molecular weight is 270 g/mol. The summed E-state index contributed by atoms with van der Waals surface area (Å²) in [7, 11) is 1.39. The van der Waals surface area contributed by atoms with Crippen molar-refractivity contribution >= 4 is 12.1 Å². The van der Waals surface area contributed by atoms with Gasteiger partial charge in [-0.2, -0.15) is 0 Å². The van der Waals surface area contributed by atoms with E-state index in [4.69, 9.17) is 9.47 Å². The molecular formula is C13H22N2O4. The van der Waals surface area contributed by atoms with Crippen LogP contribution in [-0.2, 0) is 14.3 Å². The van der Waals surface area contributed by atoms with Crippen LogP contribution in [0.4, 0.5) is 4.79 Å². The number of rotatable bonds is 1. The van der Waals surface area contributed by atoms with Crippen molar-refractivity contribution in [2.45, 2.75) is 38.8 Å². The zero-order chi connectivity index (χ0) is 14.3. The average Bonchev–Trinajstić information content (AvgIpc) is 2.82. The minimum atomic E-state index is -0.606. The molecule has 2 unspecified atom stereocenters. The predicted octanol–water partition coefficient (Wildman–Crippen LogP) is 0.758. The Kier molecular flexibility index (Phi) is 3.47. The summed E-state index contributed by atoms with van der Waals surface area (Å²) >= 11 is 0. The maximum absolute atomic E-state index is 12.1. The molecule has 0 saturated carbocycles. The molecule has 1 amide bonds. The summed E-state index contributed by atoms with van der Waals surface area (Å²) in [6.07, 6.45) is 0.330. The standard InChI is InChI=1S/C13H22N2O4/c1-12(2,3)19-11(17)15-7-9-13(8-15,5-6-14-9)10(16)18-4/h9,14H,5-8H2,1-4H3. The smallest absolute Gasteiger partial charge is 0.410 e. The third-order valence-electron chi connectivity index (χ3n) is 3.75. The molecule has 0 bridgehead atoms. The van der Waals surface area contributed by atoms with E-state index in [-0.39, 0.29) is 18.1 Å². The molecule has 6 heteroatoms. The van der Waals surface area contributed by atoms with Crippen LogP contribution in [0.3, 0.4) is 0 Å². The number of ether oxygens (including phenoxy) is 2. The van der Waals surface area contributed by atoms with Crippen molar-refractivity contribution in [1.29, 1.82) is 0 Å². The molecule has 2 fully saturated rings. The second kappa shape index (κ2) is 4.67. The quantitative estimate of drug-likeness (QED) is 0.712. The summed E-state index contributed by atoms with van der Waals surface area (Å²) in [5.74, 6) is -0.242. The van der Waals surface area contributed by atoms with E-state index in [0.717, 1.165) is 6.54 Å². The van der Waals surface area contributed by atoms with Gasteiger partial charge in [0, 0.05) is 19.1 Å². The first kappa shape index (κ1) is 14.1. The zero-order valence-corrected chi connectivity index (χ0v) is 12.0. The van der Waals surface area contributed by atoms with Gasteiger partial charge in [-0.15, -0.1) is 0 Å². The molecule has 6 nitrogen and oxygen atoms in total. The van der Waals surface area contributed by atoms with E-state index in [1.54, 1.807) is 4.90 Å². The molecule has 0 aromatic carbocycles. The first-order valence-corrected chi connectivity index (χ1v) is 6.58. The molecule has 0 spiro atoms. The maximum Gasteiger partial charge on any atom is 0.410 e. The first-order chi connectivity index (χ1) is 8.78. The highest BCUT2D eigenvalue weighted by Gasteiger charge is 2.57. The zero-order valence-electron chi connectivity index (χ0n) is 12.0. The second-order valence-electron chi connectivity index (χ2n) is 6.27. The van der Waals surface area contributed by atoms with Crippen LogP contribution < -0.4 is 5.32 Å². The number of fused-ring (bicyclic) bond motifs is 1. The van der Waals surface area contributed by atoms with Gasteiger partial charge in [-0.1, -0.05) is 0 Å². The highest BCUT2D eigenvalue weighted by molar-refractivity contribution is 5.81. The van der Waals surface area contributed by atoms with Gasteiger partial charge in [0.1, 0.15) is 11.0 Å². The van der Waals surface area contributed by atoms with Crippen LogP contribution in [-0.4, -0.2) is 55.3 Å². The first-order valence-electron chi connectivity index (χ1n) is 6.58. The summed E-state index contributed by atoms with van der Waals surface area (Å²) in [6, 6.07) is -0.0348. The minimum Gasteiger partial charge on any atom is -0.468 e. The molecular weight excluding hydrogens is 248 g/mol. The van der Waals surface area contributed by atoms with Gasteiger partial charge >= 0.3 is 12.1 Å². The lowest BCUT2D eigenvalue weighted by atomic mass is 9.83. The third kappa shape index (κ3) is 2.54. The van der Waals surface area contributed by atoms with Crippen molar-refractivity contribution < 1.29 is 19.1 Å². The van der Waals surface area contributed by atoms with E-state index in [0.29, 0.717) is 19.5 Å². The van der Waals surface area contributed by atoms with Crippen molar-refractivity contribution in [2.24, 2.45) is 5.41 Å². The van der Waals surface area contributed by atoms with Crippen molar-refractivity contribution in [2.75, 3.05) is 26.7 Å². The molecule has 19 heavy (non-hydrogen) atoms. The van der Waals surface area contributed by atoms with Gasteiger partial charge < -0.3 is 19.7 Å². The molecule has 0 aromatic rings. The molecule has 2 heterocycles. The monoisotopic (exact) mass is 270 g/mol. The predicted molar refractivity (Wildman–Crippen MR) is 68.7 cm³/mol. The highest BCUT2D eigenvalue weighted by atomic mass is 16.6. The third-order valence-corrected chi connectivity index (χ3v) is 3.75. The number of carbonyl (C=O) groups excluding carboxylic acids is 2. The Labute approximate surface area is 113 Å². The summed E-state index contributed by atoms with van der Waals surface area (Å²) in [6.45, 7) is 7.13. The number of hydrogen-bond donors (Lipinski definition) is 1.